The molecular formula is C13H17N3O4S. The zero-order valence-electron chi connectivity index (χ0n) is 11.8. The fourth-order valence-corrected chi connectivity index (χ4v) is 2.61. The summed E-state index contributed by atoms with van der Waals surface area (Å²) in [5.74, 6) is -0.441. The second-order valence-corrected chi connectivity index (χ2v) is 6.89. The molecule has 0 fully saturated rings. The Hall–Kier alpha value is -1.93. The quantitative estimate of drug-likeness (QED) is 0.859. The van der Waals surface area contributed by atoms with E-state index in [-0.39, 0.29) is 23.8 Å². The molecular weight excluding hydrogens is 294 g/mol. The lowest BCUT2D eigenvalue weighted by molar-refractivity contribution is 0.0697. The van der Waals surface area contributed by atoms with E-state index in [1.54, 1.807) is 10.6 Å². The number of hydrogen-bond donors (Lipinski definition) is 2. The van der Waals surface area contributed by atoms with Crippen molar-refractivity contribution in [3.63, 3.8) is 0 Å². The van der Waals surface area contributed by atoms with Gasteiger partial charge in [-0.05, 0) is 18.2 Å². The number of nitrogens with two attached hydrogens (primary N) is 1. The molecule has 3 N–H and O–H groups in total. The van der Waals surface area contributed by atoms with Crippen molar-refractivity contribution in [3.8, 4) is 0 Å². The van der Waals surface area contributed by atoms with Crippen LogP contribution in [0.25, 0.3) is 11.0 Å². The number of fused-ring (bicyclic) bond motifs is 1. The molecule has 8 heteroatoms. The van der Waals surface area contributed by atoms with Gasteiger partial charge in [-0.3, -0.25) is 0 Å². The SMILES string of the molecule is CC(C)c1nc2cc(C(=O)O)ccc2n1CCS(N)(=O)=O. The van der Waals surface area contributed by atoms with Gasteiger partial charge in [0.1, 0.15) is 5.82 Å². The highest BCUT2D eigenvalue weighted by Crippen LogP contribution is 2.23. The van der Waals surface area contributed by atoms with Crippen LogP contribution < -0.4 is 5.14 Å². The van der Waals surface area contributed by atoms with Crippen LogP contribution in [0.15, 0.2) is 18.2 Å². The second-order valence-electron chi connectivity index (χ2n) is 5.15. The molecule has 21 heavy (non-hydrogen) atoms. The van der Waals surface area contributed by atoms with Crippen molar-refractivity contribution in [3.05, 3.63) is 29.6 Å². The van der Waals surface area contributed by atoms with Crippen molar-refractivity contribution < 1.29 is 18.3 Å². The lowest BCUT2D eigenvalue weighted by Crippen LogP contribution is -2.21. The Kier molecular flexibility index (Phi) is 4.02. The summed E-state index contributed by atoms with van der Waals surface area (Å²) in [5.41, 5.74) is 1.38. The number of aryl methyl sites for hydroxylation is 1. The van der Waals surface area contributed by atoms with E-state index in [0.29, 0.717) is 16.9 Å². The van der Waals surface area contributed by atoms with Crippen LogP contribution in [-0.4, -0.2) is 34.8 Å². The van der Waals surface area contributed by atoms with Gasteiger partial charge in [0.15, 0.2) is 0 Å². The first-order valence-corrected chi connectivity index (χ1v) is 8.14. The third-order valence-electron chi connectivity index (χ3n) is 3.14. The molecule has 0 saturated carbocycles. The van der Waals surface area contributed by atoms with Gasteiger partial charge in [0.05, 0.1) is 22.3 Å². The predicted octanol–water partition coefficient (Wildman–Crippen LogP) is 1.15. The van der Waals surface area contributed by atoms with Crippen LogP contribution in [0.1, 0.15) is 35.9 Å². The summed E-state index contributed by atoms with van der Waals surface area (Å²) in [4.78, 5) is 15.4. The van der Waals surface area contributed by atoms with Gasteiger partial charge in [0.25, 0.3) is 0 Å². The highest BCUT2D eigenvalue weighted by Gasteiger charge is 2.16. The molecule has 0 bridgehead atoms. The van der Waals surface area contributed by atoms with Crippen molar-refractivity contribution in [2.24, 2.45) is 5.14 Å². The van der Waals surface area contributed by atoms with E-state index in [2.05, 4.69) is 4.98 Å². The van der Waals surface area contributed by atoms with Crippen LogP contribution in [0, 0.1) is 0 Å². The van der Waals surface area contributed by atoms with Gasteiger partial charge >= 0.3 is 5.97 Å². The largest absolute Gasteiger partial charge is 0.478 e. The van der Waals surface area contributed by atoms with Crippen molar-refractivity contribution >= 4 is 27.0 Å². The van der Waals surface area contributed by atoms with Crippen molar-refractivity contribution in [1.82, 2.24) is 9.55 Å². The lowest BCUT2D eigenvalue weighted by Gasteiger charge is -2.10. The molecule has 0 aliphatic heterocycles. The highest BCUT2D eigenvalue weighted by molar-refractivity contribution is 7.89. The van der Waals surface area contributed by atoms with E-state index < -0.39 is 16.0 Å². The minimum atomic E-state index is -3.58. The number of aromatic carboxylic acids is 1. The van der Waals surface area contributed by atoms with Gasteiger partial charge < -0.3 is 9.67 Å². The van der Waals surface area contributed by atoms with Gasteiger partial charge in [-0.25, -0.2) is 23.3 Å². The number of rotatable bonds is 5. The molecule has 0 aliphatic rings. The summed E-state index contributed by atoms with van der Waals surface area (Å²) in [6.07, 6.45) is 0. The van der Waals surface area contributed by atoms with E-state index in [9.17, 15) is 13.2 Å². The van der Waals surface area contributed by atoms with Crippen LogP contribution in [0.2, 0.25) is 0 Å². The molecule has 1 aromatic carbocycles. The Bertz CT molecular complexity index is 793. The third kappa shape index (κ3) is 3.40. The zero-order valence-corrected chi connectivity index (χ0v) is 12.6. The number of carboxylic acid groups (broad SMARTS) is 1. The molecule has 7 nitrogen and oxygen atoms in total. The number of primary sulfonamides is 1. The fraction of sp³-hybridized carbons (Fsp3) is 0.385. The number of aromatic nitrogens is 2. The number of benzene rings is 1. The summed E-state index contributed by atoms with van der Waals surface area (Å²) < 4.78 is 24.1. The molecule has 1 aromatic heterocycles. The Labute approximate surface area is 122 Å². The van der Waals surface area contributed by atoms with E-state index in [1.165, 1.54) is 12.1 Å². The Morgan fingerprint density at radius 1 is 1.43 bits per heavy atom. The minimum absolute atomic E-state index is 0.0751. The number of imidazole rings is 1. The summed E-state index contributed by atoms with van der Waals surface area (Å²) in [6.45, 7) is 4.06. The average molecular weight is 311 g/mol. The van der Waals surface area contributed by atoms with Gasteiger partial charge in [-0.1, -0.05) is 13.8 Å². The van der Waals surface area contributed by atoms with Crippen LogP contribution >= 0.6 is 0 Å². The molecule has 0 aliphatic carbocycles. The topological polar surface area (TPSA) is 115 Å². The molecule has 114 valence electrons. The number of nitrogens with zero attached hydrogens (tertiary/aromatic N) is 2. The molecule has 2 aromatic rings. The first-order chi connectivity index (χ1) is 9.69. The molecule has 0 spiro atoms. The zero-order chi connectivity index (χ0) is 15.8. The molecule has 0 unspecified atom stereocenters. The predicted molar refractivity (Wildman–Crippen MR) is 78.8 cm³/mol. The Morgan fingerprint density at radius 2 is 2.10 bits per heavy atom. The maximum absolute atomic E-state index is 11.2. The van der Waals surface area contributed by atoms with Gasteiger partial charge in [-0.2, -0.15) is 0 Å². The molecule has 0 atom stereocenters. The highest BCUT2D eigenvalue weighted by atomic mass is 32.2. The van der Waals surface area contributed by atoms with E-state index in [4.69, 9.17) is 10.2 Å². The van der Waals surface area contributed by atoms with Crippen molar-refractivity contribution in [2.45, 2.75) is 26.3 Å². The standard InChI is InChI=1S/C13H17N3O4S/c1-8(2)12-15-10-7-9(13(17)18)3-4-11(10)16(12)5-6-21(14,19)20/h3-4,7-8H,5-6H2,1-2H3,(H,17,18)(H2,14,19,20). The number of hydrogen-bond acceptors (Lipinski definition) is 4. The van der Waals surface area contributed by atoms with Crippen LogP contribution in [0.4, 0.5) is 0 Å². The Morgan fingerprint density at radius 3 is 2.62 bits per heavy atom. The summed E-state index contributed by atoms with van der Waals surface area (Å²) >= 11 is 0. The second kappa shape index (κ2) is 5.45. The minimum Gasteiger partial charge on any atom is -0.478 e. The Balaban J connectivity index is 2.55. The molecule has 1 heterocycles. The molecule has 0 radical (unpaired) electrons. The third-order valence-corrected chi connectivity index (χ3v) is 3.89. The summed E-state index contributed by atoms with van der Waals surface area (Å²) in [6, 6.07) is 4.60. The van der Waals surface area contributed by atoms with Crippen molar-refractivity contribution in [2.75, 3.05) is 5.75 Å². The van der Waals surface area contributed by atoms with E-state index in [1.807, 2.05) is 13.8 Å². The normalized spacial score (nSPS) is 12.2. The van der Waals surface area contributed by atoms with E-state index in [0.717, 1.165) is 0 Å². The van der Waals surface area contributed by atoms with Crippen LogP contribution in [-0.2, 0) is 16.6 Å². The first-order valence-electron chi connectivity index (χ1n) is 6.43. The van der Waals surface area contributed by atoms with Gasteiger partial charge in [0.2, 0.25) is 10.0 Å². The number of carboxylic acids is 1. The number of carbonyl (C=O) groups is 1. The molecule has 2 rings (SSSR count). The maximum atomic E-state index is 11.2. The van der Waals surface area contributed by atoms with E-state index >= 15 is 0 Å². The summed E-state index contributed by atoms with van der Waals surface area (Å²) in [7, 11) is -3.58. The van der Waals surface area contributed by atoms with Crippen LogP contribution in [0.3, 0.4) is 0 Å². The summed E-state index contributed by atoms with van der Waals surface area (Å²) in [5, 5.41) is 14.1. The molecule has 0 amide bonds. The fourth-order valence-electron chi connectivity index (χ4n) is 2.18. The maximum Gasteiger partial charge on any atom is 0.335 e. The van der Waals surface area contributed by atoms with Crippen LogP contribution in [0.5, 0.6) is 0 Å². The van der Waals surface area contributed by atoms with Crippen molar-refractivity contribution in [1.29, 1.82) is 0 Å². The van der Waals surface area contributed by atoms with Gasteiger partial charge in [-0.15, -0.1) is 0 Å². The smallest absolute Gasteiger partial charge is 0.335 e. The average Bonchev–Trinajstić information content (AvgIpc) is 2.73. The first kappa shape index (κ1) is 15.5. The molecule has 0 saturated heterocycles. The lowest BCUT2D eigenvalue weighted by atomic mass is 10.2. The number of sulfonamides is 1. The van der Waals surface area contributed by atoms with Gasteiger partial charge in [0, 0.05) is 12.5 Å². The monoisotopic (exact) mass is 311 g/mol.